The van der Waals surface area contributed by atoms with Gasteiger partial charge in [-0.25, -0.2) is 0 Å². The van der Waals surface area contributed by atoms with Gasteiger partial charge in [0.05, 0.1) is 14.2 Å². The third-order valence-electron chi connectivity index (χ3n) is 5.40. The molecule has 0 bridgehead atoms. The number of benzene rings is 2. The van der Waals surface area contributed by atoms with Crippen molar-refractivity contribution in [1.29, 1.82) is 0 Å². The van der Waals surface area contributed by atoms with Crippen LogP contribution in [0.5, 0.6) is 23.0 Å². The molecule has 6 heteroatoms. The molecule has 2 aromatic rings. The van der Waals surface area contributed by atoms with Gasteiger partial charge < -0.3 is 24.3 Å². The number of piperidine rings is 1. The normalized spacial score (nSPS) is 18.9. The number of methoxy groups -OCH3 is 2. The summed E-state index contributed by atoms with van der Waals surface area (Å²) in [5, 5.41) is 3.70. The molecular formula is C22H28N2O4. The SMILES string of the molecule is COc1cccc(CN2CCC[C@H](NCc3cc4c(cc3OC)OCO4)C2)c1. The number of ether oxygens (including phenoxy) is 4. The van der Waals surface area contributed by atoms with Crippen LogP contribution in [0.1, 0.15) is 24.0 Å². The molecule has 0 saturated carbocycles. The fourth-order valence-electron chi connectivity index (χ4n) is 3.94. The molecule has 0 aromatic heterocycles. The zero-order chi connectivity index (χ0) is 19.3. The molecule has 28 heavy (non-hydrogen) atoms. The molecule has 0 radical (unpaired) electrons. The molecule has 0 amide bonds. The highest BCUT2D eigenvalue weighted by molar-refractivity contribution is 5.51. The van der Waals surface area contributed by atoms with Crippen molar-refractivity contribution in [2.45, 2.75) is 32.0 Å². The predicted molar refractivity (Wildman–Crippen MR) is 107 cm³/mol. The topological polar surface area (TPSA) is 52.2 Å². The van der Waals surface area contributed by atoms with Crippen LogP contribution in [0.3, 0.4) is 0 Å². The third kappa shape index (κ3) is 4.34. The van der Waals surface area contributed by atoms with Crippen LogP contribution in [0.25, 0.3) is 0 Å². The number of fused-ring (bicyclic) bond motifs is 1. The van der Waals surface area contributed by atoms with Gasteiger partial charge in [0.25, 0.3) is 0 Å². The van der Waals surface area contributed by atoms with Crippen LogP contribution in [0.4, 0.5) is 0 Å². The molecule has 1 saturated heterocycles. The van der Waals surface area contributed by atoms with E-state index in [-0.39, 0.29) is 6.79 Å². The van der Waals surface area contributed by atoms with E-state index in [0.29, 0.717) is 6.04 Å². The minimum absolute atomic E-state index is 0.275. The van der Waals surface area contributed by atoms with Gasteiger partial charge in [0.1, 0.15) is 11.5 Å². The van der Waals surface area contributed by atoms with Crippen molar-refractivity contribution in [2.75, 3.05) is 34.1 Å². The molecule has 1 atom stereocenters. The minimum Gasteiger partial charge on any atom is -0.497 e. The summed E-state index contributed by atoms with van der Waals surface area (Å²) < 4.78 is 21.8. The van der Waals surface area contributed by atoms with Gasteiger partial charge in [0, 0.05) is 37.3 Å². The van der Waals surface area contributed by atoms with E-state index in [1.165, 1.54) is 18.4 Å². The number of nitrogens with zero attached hydrogens (tertiary/aromatic N) is 1. The van der Waals surface area contributed by atoms with E-state index in [1.807, 2.05) is 18.2 Å². The quantitative estimate of drug-likeness (QED) is 0.791. The Balaban J connectivity index is 1.35. The Morgan fingerprint density at radius 2 is 1.96 bits per heavy atom. The molecule has 0 unspecified atom stereocenters. The zero-order valence-electron chi connectivity index (χ0n) is 16.6. The smallest absolute Gasteiger partial charge is 0.231 e. The second kappa shape index (κ2) is 8.71. The molecule has 1 N–H and O–H groups in total. The number of hydrogen-bond donors (Lipinski definition) is 1. The van der Waals surface area contributed by atoms with Crippen molar-refractivity contribution in [3.63, 3.8) is 0 Å². The molecule has 0 aliphatic carbocycles. The summed E-state index contributed by atoms with van der Waals surface area (Å²) in [4.78, 5) is 2.51. The van der Waals surface area contributed by atoms with Gasteiger partial charge in [0.2, 0.25) is 6.79 Å². The second-order valence-corrected chi connectivity index (χ2v) is 7.32. The van der Waals surface area contributed by atoms with E-state index in [0.717, 1.165) is 54.7 Å². The molecule has 2 aromatic carbocycles. The molecule has 0 spiro atoms. The first kappa shape index (κ1) is 18.9. The summed E-state index contributed by atoms with van der Waals surface area (Å²) in [7, 11) is 3.40. The van der Waals surface area contributed by atoms with E-state index in [9.17, 15) is 0 Å². The van der Waals surface area contributed by atoms with E-state index in [1.54, 1.807) is 14.2 Å². The molecule has 6 nitrogen and oxygen atoms in total. The first-order chi connectivity index (χ1) is 13.7. The van der Waals surface area contributed by atoms with Gasteiger partial charge in [-0.2, -0.15) is 0 Å². The zero-order valence-corrected chi connectivity index (χ0v) is 16.6. The van der Waals surface area contributed by atoms with Gasteiger partial charge in [-0.3, -0.25) is 4.90 Å². The highest BCUT2D eigenvalue weighted by Gasteiger charge is 2.22. The van der Waals surface area contributed by atoms with Gasteiger partial charge in [-0.1, -0.05) is 12.1 Å². The Morgan fingerprint density at radius 1 is 1.11 bits per heavy atom. The van der Waals surface area contributed by atoms with Gasteiger partial charge in [-0.15, -0.1) is 0 Å². The van der Waals surface area contributed by atoms with Gasteiger partial charge in [0.15, 0.2) is 11.5 Å². The van der Waals surface area contributed by atoms with E-state index in [2.05, 4.69) is 28.4 Å². The maximum absolute atomic E-state index is 5.53. The molecule has 4 rings (SSSR count). The van der Waals surface area contributed by atoms with Crippen LogP contribution in [0.2, 0.25) is 0 Å². The van der Waals surface area contributed by atoms with Crippen LogP contribution in [-0.4, -0.2) is 45.0 Å². The van der Waals surface area contributed by atoms with Gasteiger partial charge >= 0.3 is 0 Å². The fourth-order valence-corrected chi connectivity index (χ4v) is 3.94. The van der Waals surface area contributed by atoms with Crippen molar-refractivity contribution >= 4 is 0 Å². The lowest BCUT2D eigenvalue weighted by Crippen LogP contribution is -2.45. The number of hydrogen-bond acceptors (Lipinski definition) is 6. The van der Waals surface area contributed by atoms with Crippen LogP contribution < -0.4 is 24.3 Å². The molecule has 2 heterocycles. The first-order valence-corrected chi connectivity index (χ1v) is 9.80. The van der Waals surface area contributed by atoms with Gasteiger partial charge in [-0.05, 0) is 43.1 Å². The molecule has 2 aliphatic heterocycles. The van der Waals surface area contributed by atoms with Crippen molar-refractivity contribution in [2.24, 2.45) is 0 Å². The van der Waals surface area contributed by atoms with Crippen molar-refractivity contribution in [3.8, 4) is 23.0 Å². The van der Waals surface area contributed by atoms with Crippen LogP contribution in [0, 0.1) is 0 Å². The van der Waals surface area contributed by atoms with Crippen LogP contribution in [-0.2, 0) is 13.1 Å². The van der Waals surface area contributed by atoms with Crippen LogP contribution in [0.15, 0.2) is 36.4 Å². The summed E-state index contributed by atoms with van der Waals surface area (Å²) in [6.45, 7) is 4.13. The highest BCUT2D eigenvalue weighted by Crippen LogP contribution is 2.38. The number of likely N-dealkylation sites (tertiary alicyclic amines) is 1. The summed E-state index contributed by atoms with van der Waals surface area (Å²) in [6, 6.07) is 12.7. The average Bonchev–Trinajstić information content (AvgIpc) is 3.19. The Kier molecular flexibility index (Phi) is 5.88. The van der Waals surface area contributed by atoms with E-state index in [4.69, 9.17) is 18.9 Å². The summed E-state index contributed by atoms with van der Waals surface area (Å²) >= 11 is 0. The lowest BCUT2D eigenvalue weighted by molar-refractivity contribution is 0.173. The maximum atomic E-state index is 5.53. The summed E-state index contributed by atoms with van der Waals surface area (Å²) in [5.41, 5.74) is 2.38. The molecule has 2 aliphatic rings. The number of nitrogens with one attached hydrogen (secondary N) is 1. The van der Waals surface area contributed by atoms with Crippen molar-refractivity contribution in [1.82, 2.24) is 10.2 Å². The van der Waals surface area contributed by atoms with E-state index < -0.39 is 0 Å². The van der Waals surface area contributed by atoms with Crippen molar-refractivity contribution < 1.29 is 18.9 Å². The Bertz CT molecular complexity index is 811. The summed E-state index contributed by atoms with van der Waals surface area (Å²) in [6.07, 6.45) is 2.38. The van der Waals surface area contributed by atoms with Crippen LogP contribution >= 0.6 is 0 Å². The highest BCUT2D eigenvalue weighted by atomic mass is 16.7. The average molecular weight is 384 g/mol. The largest absolute Gasteiger partial charge is 0.497 e. The Hall–Kier alpha value is -2.44. The van der Waals surface area contributed by atoms with Crippen molar-refractivity contribution in [3.05, 3.63) is 47.5 Å². The molecule has 150 valence electrons. The maximum Gasteiger partial charge on any atom is 0.231 e. The monoisotopic (exact) mass is 384 g/mol. The Morgan fingerprint density at radius 3 is 2.79 bits per heavy atom. The lowest BCUT2D eigenvalue weighted by Gasteiger charge is -2.33. The standard InChI is InChI=1S/C22H28N2O4/c1-25-19-7-3-5-16(9-19)13-24-8-4-6-18(14-24)23-12-17-10-21-22(28-15-27-21)11-20(17)26-2/h3,5,7,9-11,18,23H,4,6,8,12-15H2,1-2H3/t18-/m0/s1. The second-order valence-electron chi connectivity index (χ2n) is 7.32. The fraction of sp³-hybridized carbons (Fsp3) is 0.455. The summed E-state index contributed by atoms with van der Waals surface area (Å²) in [5.74, 6) is 3.29. The Labute approximate surface area is 166 Å². The molecular weight excluding hydrogens is 356 g/mol. The molecule has 1 fully saturated rings. The predicted octanol–water partition coefficient (Wildman–Crippen LogP) is 3.19. The first-order valence-electron chi connectivity index (χ1n) is 9.80. The van der Waals surface area contributed by atoms with E-state index >= 15 is 0 Å². The third-order valence-corrected chi connectivity index (χ3v) is 5.40. The lowest BCUT2D eigenvalue weighted by atomic mass is 10.0. The number of rotatable bonds is 7. The minimum atomic E-state index is 0.275.